The summed E-state index contributed by atoms with van der Waals surface area (Å²) in [6.45, 7) is 2.34. The molecule has 1 aromatic carbocycles. The first-order chi connectivity index (χ1) is 9.13. The van der Waals surface area contributed by atoms with Crippen LogP contribution in [0, 0.1) is 0 Å². The number of hydrogen-bond donors (Lipinski definition) is 2. The normalized spacial score (nSPS) is 11.9. The highest BCUT2D eigenvalue weighted by atomic mass is 16.6. The summed E-state index contributed by atoms with van der Waals surface area (Å²) >= 11 is 0. The van der Waals surface area contributed by atoms with Crippen molar-refractivity contribution in [2.24, 2.45) is 16.6 Å². The topological polar surface area (TPSA) is 86.1 Å². The molecule has 0 bridgehead atoms. The molecule has 0 saturated carbocycles. The smallest absolute Gasteiger partial charge is 0.125 e. The SMILES string of the molecule is CN(C)CCN=C(N)c1ccc(OCCON)cc1. The second-order valence-electron chi connectivity index (χ2n) is 4.31. The lowest BCUT2D eigenvalue weighted by Gasteiger charge is -2.08. The van der Waals surface area contributed by atoms with Gasteiger partial charge >= 0.3 is 0 Å². The third kappa shape index (κ3) is 6.19. The average molecular weight is 266 g/mol. The van der Waals surface area contributed by atoms with Crippen molar-refractivity contribution in [2.45, 2.75) is 0 Å². The fraction of sp³-hybridized carbons (Fsp3) is 0.462. The van der Waals surface area contributed by atoms with Gasteiger partial charge in [-0.2, -0.15) is 0 Å². The average Bonchev–Trinajstić information content (AvgIpc) is 2.39. The van der Waals surface area contributed by atoms with Gasteiger partial charge in [-0.25, -0.2) is 5.90 Å². The number of ether oxygens (including phenoxy) is 1. The fourth-order valence-electron chi connectivity index (χ4n) is 1.39. The molecule has 0 saturated heterocycles. The molecule has 0 fully saturated rings. The lowest BCUT2D eigenvalue weighted by Crippen LogP contribution is -2.19. The highest BCUT2D eigenvalue weighted by molar-refractivity contribution is 5.97. The van der Waals surface area contributed by atoms with Gasteiger partial charge in [-0.15, -0.1) is 0 Å². The molecular formula is C13H22N4O2. The maximum atomic E-state index is 5.91. The molecule has 19 heavy (non-hydrogen) atoms. The molecule has 0 aliphatic carbocycles. The van der Waals surface area contributed by atoms with E-state index in [1.54, 1.807) is 0 Å². The summed E-state index contributed by atoms with van der Waals surface area (Å²) in [5.74, 6) is 6.20. The van der Waals surface area contributed by atoms with Crippen LogP contribution >= 0.6 is 0 Å². The highest BCUT2D eigenvalue weighted by Crippen LogP contribution is 2.11. The van der Waals surface area contributed by atoms with Crippen molar-refractivity contribution in [2.75, 3.05) is 40.4 Å². The van der Waals surface area contributed by atoms with Crippen LogP contribution in [0.25, 0.3) is 0 Å². The number of benzene rings is 1. The number of aliphatic imine (C=N–C) groups is 1. The van der Waals surface area contributed by atoms with E-state index in [0.29, 0.717) is 25.6 Å². The first-order valence-corrected chi connectivity index (χ1v) is 6.13. The predicted octanol–water partition coefficient (Wildman–Crippen LogP) is 0.223. The Morgan fingerprint density at radius 3 is 2.47 bits per heavy atom. The molecule has 0 radical (unpaired) electrons. The summed E-state index contributed by atoms with van der Waals surface area (Å²) in [4.78, 5) is 10.8. The standard InChI is InChI=1S/C13H22N4O2/c1-17(2)8-7-16-13(14)11-3-5-12(6-4-11)18-9-10-19-15/h3-6H,7-10,15H2,1-2H3,(H2,14,16). The van der Waals surface area contributed by atoms with E-state index in [-0.39, 0.29) is 0 Å². The predicted molar refractivity (Wildman–Crippen MR) is 76.2 cm³/mol. The largest absolute Gasteiger partial charge is 0.491 e. The minimum atomic E-state index is 0.357. The molecule has 6 heteroatoms. The van der Waals surface area contributed by atoms with Crippen molar-refractivity contribution in [1.82, 2.24) is 4.90 Å². The van der Waals surface area contributed by atoms with Crippen LogP contribution in [0.5, 0.6) is 5.75 Å². The Morgan fingerprint density at radius 1 is 1.21 bits per heavy atom. The van der Waals surface area contributed by atoms with Gasteiger partial charge in [-0.3, -0.25) is 4.99 Å². The van der Waals surface area contributed by atoms with Crippen LogP contribution in [0.2, 0.25) is 0 Å². The molecule has 0 unspecified atom stereocenters. The molecule has 0 amide bonds. The molecule has 0 spiro atoms. The van der Waals surface area contributed by atoms with E-state index in [1.807, 2.05) is 38.4 Å². The molecule has 6 nitrogen and oxygen atoms in total. The molecule has 0 atom stereocenters. The number of nitrogens with two attached hydrogens (primary N) is 2. The van der Waals surface area contributed by atoms with E-state index in [4.69, 9.17) is 16.4 Å². The van der Waals surface area contributed by atoms with Crippen molar-refractivity contribution in [3.05, 3.63) is 29.8 Å². The van der Waals surface area contributed by atoms with E-state index in [1.165, 1.54) is 0 Å². The Kier molecular flexibility index (Phi) is 6.88. The molecule has 0 aliphatic heterocycles. The maximum absolute atomic E-state index is 5.91. The second kappa shape index (κ2) is 8.47. The van der Waals surface area contributed by atoms with Crippen molar-refractivity contribution in [3.63, 3.8) is 0 Å². The van der Waals surface area contributed by atoms with Gasteiger partial charge in [0.25, 0.3) is 0 Å². The summed E-state index contributed by atoms with van der Waals surface area (Å²) in [5, 5.41) is 0. The van der Waals surface area contributed by atoms with E-state index in [2.05, 4.69) is 14.7 Å². The van der Waals surface area contributed by atoms with Crippen molar-refractivity contribution < 1.29 is 9.57 Å². The van der Waals surface area contributed by atoms with Crippen LogP contribution in [0.15, 0.2) is 29.3 Å². The van der Waals surface area contributed by atoms with E-state index in [9.17, 15) is 0 Å². The van der Waals surface area contributed by atoms with Crippen LogP contribution in [-0.2, 0) is 4.84 Å². The molecule has 0 aliphatic rings. The monoisotopic (exact) mass is 266 g/mol. The van der Waals surface area contributed by atoms with Gasteiger partial charge in [0.2, 0.25) is 0 Å². The molecule has 106 valence electrons. The Balaban J connectivity index is 2.50. The van der Waals surface area contributed by atoms with Gasteiger partial charge in [0.1, 0.15) is 24.8 Å². The third-order valence-corrected chi connectivity index (χ3v) is 2.45. The summed E-state index contributed by atoms with van der Waals surface area (Å²) in [5.41, 5.74) is 6.80. The van der Waals surface area contributed by atoms with E-state index < -0.39 is 0 Å². The summed E-state index contributed by atoms with van der Waals surface area (Å²) < 4.78 is 5.40. The Morgan fingerprint density at radius 2 is 1.89 bits per heavy atom. The lowest BCUT2D eigenvalue weighted by molar-refractivity contribution is 0.102. The van der Waals surface area contributed by atoms with Crippen molar-refractivity contribution in [1.29, 1.82) is 0 Å². The Hall–Kier alpha value is -1.63. The van der Waals surface area contributed by atoms with Gasteiger partial charge in [-0.1, -0.05) is 0 Å². The molecular weight excluding hydrogens is 244 g/mol. The summed E-state index contributed by atoms with van der Waals surface area (Å²) in [7, 11) is 4.01. The molecule has 1 rings (SSSR count). The zero-order valence-electron chi connectivity index (χ0n) is 11.5. The second-order valence-corrected chi connectivity index (χ2v) is 4.31. The number of rotatable bonds is 8. The molecule has 0 heterocycles. The van der Waals surface area contributed by atoms with Crippen LogP contribution in [0.1, 0.15) is 5.56 Å². The van der Waals surface area contributed by atoms with Crippen molar-refractivity contribution >= 4 is 5.84 Å². The number of nitrogens with zero attached hydrogens (tertiary/aromatic N) is 2. The number of amidine groups is 1. The van der Waals surface area contributed by atoms with Crippen LogP contribution < -0.4 is 16.4 Å². The first kappa shape index (κ1) is 15.4. The van der Waals surface area contributed by atoms with Crippen LogP contribution in [0.4, 0.5) is 0 Å². The van der Waals surface area contributed by atoms with Gasteiger partial charge in [0.15, 0.2) is 0 Å². The summed E-state index contributed by atoms with van der Waals surface area (Å²) in [6.07, 6.45) is 0. The van der Waals surface area contributed by atoms with Gasteiger partial charge < -0.3 is 20.2 Å². The molecule has 4 N–H and O–H groups in total. The van der Waals surface area contributed by atoms with E-state index in [0.717, 1.165) is 17.9 Å². The zero-order valence-corrected chi connectivity index (χ0v) is 11.5. The van der Waals surface area contributed by atoms with Gasteiger partial charge in [0, 0.05) is 12.1 Å². The lowest BCUT2D eigenvalue weighted by atomic mass is 10.2. The van der Waals surface area contributed by atoms with Crippen molar-refractivity contribution in [3.8, 4) is 5.75 Å². The zero-order chi connectivity index (χ0) is 14.1. The summed E-state index contributed by atoms with van der Waals surface area (Å²) in [6, 6.07) is 7.46. The Labute approximate surface area is 114 Å². The van der Waals surface area contributed by atoms with E-state index >= 15 is 0 Å². The third-order valence-electron chi connectivity index (χ3n) is 2.45. The van der Waals surface area contributed by atoms with Gasteiger partial charge in [-0.05, 0) is 38.4 Å². The highest BCUT2D eigenvalue weighted by Gasteiger charge is 1.99. The number of hydrogen-bond acceptors (Lipinski definition) is 5. The molecule has 0 aromatic heterocycles. The quantitative estimate of drug-likeness (QED) is 0.304. The van der Waals surface area contributed by atoms with Gasteiger partial charge in [0.05, 0.1) is 6.54 Å². The fourth-order valence-corrected chi connectivity index (χ4v) is 1.39. The molecule has 1 aromatic rings. The minimum absolute atomic E-state index is 0.357. The maximum Gasteiger partial charge on any atom is 0.125 e. The number of likely N-dealkylation sites (N-methyl/N-ethyl adjacent to an activating group) is 1. The first-order valence-electron chi connectivity index (χ1n) is 6.13. The van der Waals surface area contributed by atoms with Crippen LogP contribution in [-0.4, -0.2) is 51.1 Å². The Bertz CT molecular complexity index is 390. The minimum Gasteiger partial charge on any atom is -0.491 e. The van der Waals surface area contributed by atoms with Crippen LogP contribution in [0.3, 0.4) is 0 Å².